The van der Waals surface area contributed by atoms with E-state index in [4.69, 9.17) is 4.74 Å². The summed E-state index contributed by atoms with van der Waals surface area (Å²) in [6.07, 6.45) is 3.12. The molecule has 5 heteroatoms. The van der Waals surface area contributed by atoms with Crippen LogP contribution >= 0.6 is 0 Å². The Labute approximate surface area is 93.8 Å². The molecule has 0 aliphatic heterocycles. The van der Waals surface area contributed by atoms with Crippen LogP contribution in [0.3, 0.4) is 0 Å². The van der Waals surface area contributed by atoms with Gasteiger partial charge in [-0.1, -0.05) is 0 Å². The second-order valence-corrected chi connectivity index (χ2v) is 3.16. The molecular formula is C11H15FN2O2. The second-order valence-electron chi connectivity index (χ2n) is 3.16. The molecule has 1 N–H and O–H groups in total. The van der Waals surface area contributed by atoms with Gasteiger partial charge in [-0.3, -0.25) is 9.78 Å². The lowest BCUT2D eigenvalue weighted by Gasteiger charge is -2.05. The first-order valence-electron chi connectivity index (χ1n) is 5.21. The van der Waals surface area contributed by atoms with Gasteiger partial charge in [0, 0.05) is 26.0 Å². The number of hydrogen-bond acceptors (Lipinski definition) is 3. The van der Waals surface area contributed by atoms with Crippen molar-refractivity contribution in [1.82, 2.24) is 10.3 Å². The Hall–Kier alpha value is -1.49. The molecule has 0 aromatic carbocycles. The van der Waals surface area contributed by atoms with E-state index in [2.05, 4.69) is 10.3 Å². The maximum Gasteiger partial charge on any atom is 0.254 e. The first-order chi connectivity index (χ1) is 7.75. The minimum Gasteiger partial charge on any atom is -0.382 e. The van der Waals surface area contributed by atoms with Crippen LogP contribution in [0.5, 0.6) is 0 Å². The number of hydrogen-bond donors (Lipinski definition) is 1. The summed E-state index contributed by atoms with van der Waals surface area (Å²) in [6, 6.07) is 1.35. The van der Waals surface area contributed by atoms with Crippen molar-refractivity contribution in [2.24, 2.45) is 0 Å². The van der Waals surface area contributed by atoms with Crippen LogP contribution in [0, 0.1) is 5.82 Å². The first-order valence-corrected chi connectivity index (χ1v) is 5.21. The maximum absolute atomic E-state index is 13.1. The first kappa shape index (κ1) is 12.6. The largest absolute Gasteiger partial charge is 0.382 e. The maximum atomic E-state index is 13.1. The Balaban J connectivity index is 2.33. The van der Waals surface area contributed by atoms with Gasteiger partial charge in [-0.25, -0.2) is 4.39 Å². The van der Waals surface area contributed by atoms with Gasteiger partial charge < -0.3 is 10.1 Å². The number of nitrogens with zero attached hydrogens (tertiary/aromatic N) is 1. The van der Waals surface area contributed by atoms with E-state index in [9.17, 15) is 9.18 Å². The SMILES string of the molecule is CCOCCCNC(=O)c1ccncc1F. The molecule has 1 aromatic heterocycles. The minimum atomic E-state index is -0.607. The van der Waals surface area contributed by atoms with E-state index in [1.54, 1.807) is 0 Å². The number of halogens is 1. The Bertz CT molecular complexity index is 345. The van der Waals surface area contributed by atoms with E-state index < -0.39 is 11.7 Å². The lowest BCUT2D eigenvalue weighted by molar-refractivity contribution is 0.0940. The number of amides is 1. The molecule has 0 fully saturated rings. The molecule has 0 atom stereocenters. The molecule has 0 bridgehead atoms. The lowest BCUT2D eigenvalue weighted by atomic mass is 10.2. The van der Waals surface area contributed by atoms with E-state index >= 15 is 0 Å². The molecule has 4 nitrogen and oxygen atoms in total. The molecule has 0 unspecified atom stereocenters. The lowest BCUT2D eigenvalue weighted by Crippen LogP contribution is -2.26. The number of rotatable bonds is 6. The van der Waals surface area contributed by atoms with Gasteiger partial charge in [0.15, 0.2) is 5.82 Å². The van der Waals surface area contributed by atoms with Gasteiger partial charge in [-0.2, -0.15) is 0 Å². The summed E-state index contributed by atoms with van der Waals surface area (Å²) in [5, 5.41) is 2.61. The molecule has 0 radical (unpaired) electrons. The Morgan fingerprint density at radius 1 is 1.62 bits per heavy atom. The minimum absolute atomic E-state index is 0.0198. The molecule has 0 saturated heterocycles. The number of ether oxygens (including phenoxy) is 1. The van der Waals surface area contributed by atoms with Crippen LogP contribution < -0.4 is 5.32 Å². The Kier molecular flexibility index (Phi) is 5.42. The highest BCUT2D eigenvalue weighted by Gasteiger charge is 2.09. The van der Waals surface area contributed by atoms with Crippen molar-refractivity contribution < 1.29 is 13.9 Å². The predicted molar refractivity (Wildman–Crippen MR) is 57.6 cm³/mol. The smallest absolute Gasteiger partial charge is 0.254 e. The van der Waals surface area contributed by atoms with E-state index in [-0.39, 0.29) is 5.56 Å². The highest BCUT2D eigenvalue weighted by Crippen LogP contribution is 2.03. The highest BCUT2D eigenvalue weighted by atomic mass is 19.1. The third-order valence-corrected chi connectivity index (χ3v) is 1.97. The van der Waals surface area contributed by atoms with Crippen LogP contribution in [0.25, 0.3) is 0 Å². The molecule has 16 heavy (non-hydrogen) atoms. The van der Waals surface area contributed by atoms with E-state index in [0.29, 0.717) is 26.2 Å². The summed E-state index contributed by atoms with van der Waals surface area (Å²) in [5.74, 6) is -1.03. The normalized spacial score (nSPS) is 10.1. The third kappa shape index (κ3) is 3.94. The van der Waals surface area contributed by atoms with Crippen molar-refractivity contribution in [2.45, 2.75) is 13.3 Å². The number of carbonyl (C=O) groups is 1. The molecule has 1 amide bonds. The summed E-state index contributed by atoms with van der Waals surface area (Å²) >= 11 is 0. The summed E-state index contributed by atoms with van der Waals surface area (Å²) in [5.41, 5.74) is 0.0198. The van der Waals surface area contributed by atoms with Crippen LogP contribution in [0.4, 0.5) is 4.39 Å². The number of pyridine rings is 1. The van der Waals surface area contributed by atoms with Gasteiger partial charge in [0.25, 0.3) is 5.91 Å². The Morgan fingerprint density at radius 2 is 2.44 bits per heavy atom. The number of nitrogens with one attached hydrogen (secondary N) is 1. The van der Waals surface area contributed by atoms with Crippen molar-refractivity contribution >= 4 is 5.91 Å². The topological polar surface area (TPSA) is 51.2 Å². The van der Waals surface area contributed by atoms with Gasteiger partial charge >= 0.3 is 0 Å². The van der Waals surface area contributed by atoms with Crippen LogP contribution in [0.15, 0.2) is 18.5 Å². The average molecular weight is 226 g/mol. The molecule has 0 aliphatic carbocycles. The van der Waals surface area contributed by atoms with Gasteiger partial charge in [0.2, 0.25) is 0 Å². The number of aromatic nitrogens is 1. The summed E-state index contributed by atoms with van der Waals surface area (Å²) in [7, 11) is 0. The van der Waals surface area contributed by atoms with Crippen molar-refractivity contribution in [3.05, 3.63) is 29.8 Å². The van der Waals surface area contributed by atoms with E-state index in [1.165, 1.54) is 12.3 Å². The zero-order valence-corrected chi connectivity index (χ0v) is 9.20. The predicted octanol–water partition coefficient (Wildman–Crippen LogP) is 1.38. The van der Waals surface area contributed by atoms with Crippen molar-refractivity contribution in [1.29, 1.82) is 0 Å². The fourth-order valence-electron chi connectivity index (χ4n) is 1.18. The average Bonchev–Trinajstić information content (AvgIpc) is 2.29. The molecule has 1 heterocycles. The molecular weight excluding hydrogens is 211 g/mol. The van der Waals surface area contributed by atoms with Crippen molar-refractivity contribution in [3.63, 3.8) is 0 Å². The molecule has 1 aromatic rings. The molecule has 1 rings (SSSR count). The van der Waals surface area contributed by atoms with E-state index in [1.807, 2.05) is 6.92 Å². The standard InChI is InChI=1S/C11H15FN2O2/c1-2-16-7-3-5-14-11(15)9-4-6-13-8-10(9)12/h4,6,8H,2-3,5,7H2,1H3,(H,14,15). The second kappa shape index (κ2) is 6.90. The van der Waals surface area contributed by atoms with Crippen molar-refractivity contribution in [2.75, 3.05) is 19.8 Å². The van der Waals surface area contributed by atoms with Gasteiger partial charge in [-0.05, 0) is 19.4 Å². The monoisotopic (exact) mass is 226 g/mol. The summed E-state index contributed by atoms with van der Waals surface area (Å²) in [6.45, 7) is 3.63. The van der Waals surface area contributed by atoms with Gasteiger partial charge in [-0.15, -0.1) is 0 Å². The van der Waals surface area contributed by atoms with Crippen LogP contribution in [0.1, 0.15) is 23.7 Å². The molecule has 0 aliphatic rings. The van der Waals surface area contributed by atoms with E-state index in [0.717, 1.165) is 6.20 Å². The fourth-order valence-corrected chi connectivity index (χ4v) is 1.18. The molecule has 0 saturated carbocycles. The summed E-state index contributed by atoms with van der Waals surface area (Å²) in [4.78, 5) is 15.1. The molecule has 88 valence electrons. The van der Waals surface area contributed by atoms with Gasteiger partial charge in [0.1, 0.15) is 0 Å². The quantitative estimate of drug-likeness (QED) is 0.745. The van der Waals surface area contributed by atoms with Crippen LogP contribution in [-0.4, -0.2) is 30.6 Å². The molecule has 0 spiro atoms. The van der Waals surface area contributed by atoms with Crippen LogP contribution in [0.2, 0.25) is 0 Å². The van der Waals surface area contributed by atoms with Gasteiger partial charge in [0.05, 0.1) is 11.8 Å². The van der Waals surface area contributed by atoms with Crippen molar-refractivity contribution in [3.8, 4) is 0 Å². The van der Waals surface area contributed by atoms with Crippen LogP contribution in [-0.2, 0) is 4.74 Å². The fraction of sp³-hybridized carbons (Fsp3) is 0.455. The number of carbonyl (C=O) groups excluding carboxylic acids is 1. The Morgan fingerprint density at radius 3 is 3.12 bits per heavy atom. The zero-order valence-electron chi connectivity index (χ0n) is 9.20. The zero-order chi connectivity index (χ0) is 11.8. The highest BCUT2D eigenvalue weighted by molar-refractivity contribution is 5.94. The third-order valence-electron chi connectivity index (χ3n) is 1.97. The summed E-state index contributed by atoms with van der Waals surface area (Å²) < 4.78 is 18.2.